The van der Waals surface area contributed by atoms with E-state index in [9.17, 15) is 0 Å². The van der Waals surface area contributed by atoms with Crippen LogP contribution in [0.1, 0.15) is 27.6 Å². The predicted octanol–water partition coefficient (Wildman–Crippen LogP) is 4.18. The highest BCUT2D eigenvalue weighted by Gasteiger charge is 2.30. The summed E-state index contributed by atoms with van der Waals surface area (Å²) in [5.74, 6) is 0. The number of rotatable bonds is 1. The molecule has 0 N–H and O–H groups in total. The monoisotopic (exact) mass is 335 g/mol. The molecule has 0 fully saturated rings. The number of fused-ring (bicyclic) bond motifs is 3. The molecule has 1 unspecified atom stereocenters. The van der Waals surface area contributed by atoms with Crippen LogP contribution in [0, 0.1) is 6.92 Å². The van der Waals surface area contributed by atoms with Gasteiger partial charge in [0.05, 0.1) is 10.8 Å². The maximum Gasteiger partial charge on any atom is 0.0624 e. The number of aromatic nitrogens is 2. The van der Waals surface area contributed by atoms with Gasteiger partial charge in [-0.05, 0) is 54.9 Å². The highest BCUT2D eigenvalue weighted by molar-refractivity contribution is 7.99. The standard InChI is InChI=1S/C20H21N3S/c1-13-9-15-16-11-22(2)8-5-17(16)23-12-19(14-3-6-21-7-4-14)24-18(10-13)20(15)23/h3-4,6-7,9-10,19H,5,8,11-12H2,1-2H3. The first-order chi connectivity index (χ1) is 11.7. The van der Waals surface area contributed by atoms with Crippen molar-refractivity contribution in [2.75, 3.05) is 13.6 Å². The van der Waals surface area contributed by atoms with Crippen LogP contribution in [0.4, 0.5) is 0 Å². The molecule has 0 amide bonds. The highest BCUT2D eigenvalue weighted by Crippen LogP contribution is 2.47. The number of thioether (sulfide) groups is 1. The van der Waals surface area contributed by atoms with Crippen molar-refractivity contribution in [3.8, 4) is 0 Å². The van der Waals surface area contributed by atoms with Gasteiger partial charge in [0.15, 0.2) is 0 Å². The number of hydrogen-bond donors (Lipinski definition) is 0. The minimum Gasteiger partial charge on any atom is -0.342 e. The summed E-state index contributed by atoms with van der Waals surface area (Å²) >= 11 is 2.02. The summed E-state index contributed by atoms with van der Waals surface area (Å²) in [6.45, 7) is 5.53. The van der Waals surface area contributed by atoms with Crippen LogP contribution in [0.2, 0.25) is 0 Å². The Morgan fingerprint density at radius 3 is 2.88 bits per heavy atom. The molecule has 4 heterocycles. The second kappa shape index (κ2) is 5.36. The molecular weight excluding hydrogens is 314 g/mol. The van der Waals surface area contributed by atoms with Gasteiger partial charge in [-0.2, -0.15) is 0 Å². The number of aryl methyl sites for hydroxylation is 1. The second-order valence-electron chi connectivity index (χ2n) is 7.07. The number of benzene rings is 1. The highest BCUT2D eigenvalue weighted by atomic mass is 32.2. The van der Waals surface area contributed by atoms with E-state index in [1.807, 2.05) is 24.2 Å². The van der Waals surface area contributed by atoms with E-state index >= 15 is 0 Å². The molecule has 122 valence electrons. The molecule has 2 aliphatic heterocycles. The largest absolute Gasteiger partial charge is 0.342 e. The van der Waals surface area contributed by atoms with Crippen molar-refractivity contribution in [3.63, 3.8) is 0 Å². The van der Waals surface area contributed by atoms with Gasteiger partial charge in [-0.3, -0.25) is 4.98 Å². The molecule has 24 heavy (non-hydrogen) atoms. The fourth-order valence-electron chi connectivity index (χ4n) is 4.21. The third-order valence-electron chi connectivity index (χ3n) is 5.34. The van der Waals surface area contributed by atoms with Gasteiger partial charge in [0, 0.05) is 54.4 Å². The number of likely N-dealkylation sites (N-methyl/N-ethyl adjacent to an activating group) is 1. The fraction of sp³-hybridized carbons (Fsp3) is 0.350. The minimum atomic E-state index is 0.474. The maximum absolute atomic E-state index is 4.18. The van der Waals surface area contributed by atoms with Crippen molar-refractivity contribution in [2.24, 2.45) is 0 Å². The molecule has 4 heteroatoms. The van der Waals surface area contributed by atoms with Gasteiger partial charge in [-0.25, -0.2) is 0 Å². The Morgan fingerprint density at radius 2 is 2.04 bits per heavy atom. The summed E-state index contributed by atoms with van der Waals surface area (Å²) in [6, 6.07) is 9.09. The molecular formula is C20H21N3S. The van der Waals surface area contributed by atoms with Gasteiger partial charge in [0.2, 0.25) is 0 Å². The maximum atomic E-state index is 4.18. The Hall–Kier alpha value is -1.78. The summed E-state index contributed by atoms with van der Waals surface area (Å²) in [5, 5.41) is 1.95. The quantitative estimate of drug-likeness (QED) is 0.666. The predicted molar refractivity (Wildman–Crippen MR) is 99.5 cm³/mol. The van der Waals surface area contributed by atoms with Crippen molar-refractivity contribution in [3.05, 3.63) is 59.0 Å². The molecule has 1 aromatic carbocycles. The first-order valence-electron chi connectivity index (χ1n) is 8.60. The van der Waals surface area contributed by atoms with Gasteiger partial charge in [-0.15, -0.1) is 11.8 Å². The van der Waals surface area contributed by atoms with Gasteiger partial charge >= 0.3 is 0 Å². The number of pyridine rings is 1. The van der Waals surface area contributed by atoms with Crippen molar-refractivity contribution in [2.45, 2.75) is 36.6 Å². The SMILES string of the molecule is Cc1cc2c3c(c1)c1c(n3CC(c3ccncc3)S2)CCN(C)C1. The van der Waals surface area contributed by atoms with Crippen LogP contribution in [0.25, 0.3) is 10.9 Å². The summed E-state index contributed by atoms with van der Waals surface area (Å²) < 4.78 is 2.62. The lowest BCUT2D eigenvalue weighted by atomic mass is 10.0. The second-order valence-corrected chi connectivity index (χ2v) is 8.31. The van der Waals surface area contributed by atoms with Crippen LogP contribution < -0.4 is 0 Å². The van der Waals surface area contributed by atoms with Crippen LogP contribution in [0.3, 0.4) is 0 Å². The molecule has 2 aromatic heterocycles. The summed E-state index contributed by atoms with van der Waals surface area (Å²) in [6.07, 6.45) is 4.99. The average Bonchev–Trinajstić information content (AvgIpc) is 2.90. The molecule has 1 atom stereocenters. The first kappa shape index (κ1) is 14.6. The molecule has 0 aliphatic carbocycles. The molecule has 3 aromatic rings. The topological polar surface area (TPSA) is 21.1 Å². The molecule has 3 nitrogen and oxygen atoms in total. The molecule has 0 bridgehead atoms. The van der Waals surface area contributed by atoms with Crippen LogP contribution >= 0.6 is 11.8 Å². The Morgan fingerprint density at radius 1 is 1.21 bits per heavy atom. The Bertz CT molecular complexity index is 929. The minimum absolute atomic E-state index is 0.474. The lowest BCUT2D eigenvalue weighted by molar-refractivity contribution is 0.309. The van der Waals surface area contributed by atoms with Gasteiger partial charge < -0.3 is 9.47 Å². The van der Waals surface area contributed by atoms with E-state index in [1.54, 1.807) is 11.3 Å². The third kappa shape index (κ3) is 2.13. The van der Waals surface area contributed by atoms with Crippen molar-refractivity contribution < 1.29 is 0 Å². The van der Waals surface area contributed by atoms with Crippen molar-refractivity contribution in [1.29, 1.82) is 0 Å². The van der Waals surface area contributed by atoms with E-state index in [2.05, 4.69) is 52.7 Å². The van der Waals surface area contributed by atoms with E-state index in [0.29, 0.717) is 5.25 Å². The van der Waals surface area contributed by atoms with Crippen LogP contribution in [0.15, 0.2) is 41.6 Å². The fourth-order valence-corrected chi connectivity index (χ4v) is 5.62. The zero-order chi connectivity index (χ0) is 16.3. The zero-order valence-electron chi connectivity index (χ0n) is 14.1. The first-order valence-corrected chi connectivity index (χ1v) is 9.48. The van der Waals surface area contributed by atoms with Gasteiger partial charge in [0.25, 0.3) is 0 Å². The number of hydrogen-bond acceptors (Lipinski definition) is 3. The number of nitrogens with zero attached hydrogens (tertiary/aromatic N) is 3. The molecule has 0 spiro atoms. The van der Waals surface area contributed by atoms with E-state index < -0.39 is 0 Å². The zero-order valence-corrected chi connectivity index (χ0v) is 14.9. The Kier molecular flexibility index (Phi) is 3.25. The molecule has 5 rings (SSSR count). The molecule has 2 aliphatic rings. The third-order valence-corrected chi connectivity index (χ3v) is 6.61. The molecule has 0 radical (unpaired) electrons. The van der Waals surface area contributed by atoms with E-state index in [4.69, 9.17) is 0 Å². The molecule has 0 saturated carbocycles. The Labute approximate surface area is 146 Å². The smallest absolute Gasteiger partial charge is 0.0624 e. The lowest BCUT2D eigenvalue weighted by Crippen LogP contribution is -2.27. The Balaban J connectivity index is 1.72. The van der Waals surface area contributed by atoms with E-state index in [-0.39, 0.29) is 0 Å². The summed E-state index contributed by atoms with van der Waals surface area (Å²) in [4.78, 5) is 8.07. The van der Waals surface area contributed by atoms with Gasteiger partial charge in [0.1, 0.15) is 0 Å². The summed E-state index contributed by atoms with van der Waals surface area (Å²) in [5.41, 5.74) is 7.34. The van der Waals surface area contributed by atoms with Crippen molar-refractivity contribution >= 4 is 22.7 Å². The molecule has 0 saturated heterocycles. The summed E-state index contributed by atoms with van der Waals surface area (Å²) in [7, 11) is 2.23. The average molecular weight is 335 g/mol. The van der Waals surface area contributed by atoms with Crippen LogP contribution in [-0.2, 0) is 19.5 Å². The van der Waals surface area contributed by atoms with E-state index in [1.165, 1.54) is 26.9 Å². The lowest BCUT2D eigenvalue weighted by Gasteiger charge is -2.28. The van der Waals surface area contributed by atoms with Crippen molar-refractivity contribution in [1.82, 2.24) is 14.5 Å². The van der Waals surface area contributed by atoms with Crippen LogP contribution in [-0.4, -0.2) is 28.0 Å². The van der Waals surface area contributed by atoms with Gasteiger partial charge in [-0.1, -0.05) is 0 Å². The van der Waals surface area contributed by atoms with Crippen LogP contribution in [0.5, 0.6) is 0 Å². The normalized spacial score (nSPS) is 20.3. The van der Waals surface area contributed by atoms with E-state index in [0.717, 1.165) is 26.1 Å².